The van der Waals surface area contributed by atoms with E-state index >= 15 is 0 Å². The number of benzene rings is 2. The van der Waals surface area contributed by atoms with Crippen molar-refractivity contribution in [1.82, 2.24) is 0 Å². The summed E-state index contributed by atoms with van der Waals surface area (Å²) in [5.41, 5.74) is 0.486. The molecule has 5 heteroatoms. The summed E-state index contributed by atoms with van der Waals surface area (Å²) in [7, 11) is 1.52. The molecule has 0 amide bonds. The molecule has 0 spiro atoms. The molecule has 0 aliphatic carbocycles. The van der Waals surface area contributed by atoms with E-state index < -0.39 is 11.7 Å². The van der Waals surface area contributed by atoms with Crippen molar-refractivity contribution in [3.63, 3.8) is 0 Å². The molecule has 2 rings (SSSR count). The Morgan fingerprint density at radius 3 is 2.32 bits per heavy atom. The van der Waals surface area contributed by atoms with Gasteiger partial charge in [-0.25, -0.2) is 0 Å². The maximum absolute atomic E-state index is 12.8. The highest BCUT2D eigenvalue weighted by atomic mass is 79.9. The van der Waals surface area contributed by atoms with Crippen LogP contribution in [0.25, 0.3) is 11.1 Å². The molecular weight excluding hydrogens is 321 g/mol. The minimum Gasteiger partial charge on any atom is -0.497 e. The summed E-state index contributed by atoms with van der Waals surface area (Å²) in [6.07, 6.45) is -4.38. The third-order valence-corrected chi connectivity index (χ3v) is 3.37. The number of methoxy groups -OCH3 is 1. The molecule has 0 radical (unpaired) electrons. The zero-order valence-corrected chi connectivity index (χ0v) is 11.5. The van der Waals surface area contributed by atoms with Gasteiger partial charge in [0.1, 0.15) is 5.75 Å². The van der Waals surface area contributed by atoms with Crippen LogP contribution in [-0.2, 0) is 6.18 Å². The minimum atomic E-state index is -4.38. The Hall–Kier alpha value is -1.49. The average Bonchev–Trinajstić information content (AvgIpc) is 2.38. The van der Waals surface area contributed by atoms with Gasteiger partial charge in [0.25, 0.3) is 0 Å². The molecule has 0 aliphatic heterocycles. The van der Waals surface area contributed by atoms with Crippen molar-refractivity contribution < 1.29 is 17.9 Å². The van der Waals surface area contributed by atoms with Crippen LogP contribution in [-0.4, -0.2) is 7.11 Å². The first-order valence-electron chi connectivity index (χ1n) is 5.43. The van der Waals surface area contributed by atoms with Crippen LogP contribution in [0.5, 0.6) is 5.75 Å². The van der Waals surface area contributed by atoms with Gasteiger partial charge in [-0.1, -0.05) is 34.1 Å². The zero-order chi connectivity index (χ0) is 14.0. The van der Waals surface area contributed by atoms with Gasteiger partial charge in [0.2, 0.25) is 0 Å². The topological polar surface area (TPSA) is 9.23 Å². The number of alkyl halides is 3. The Morgan fingerprint density at radius 2 is 1.68 bits per heavy atom. The van der Waals surface area contributed by atoms with E-state index in [0.717, 1.165) is 6.07 Å². The average molecular weight is 331 g/mol. The molecule has 2 aromatic rings. The van der Waals surface area contributed by atoms with Gasteiger partial charge in [-0.3, -0.25) is 0 Å². The highest BCUT2D eigenvalue weighted by molar-refractivity contribution is 9.10. The third-order valence-electron chi connectivity index (χ3n) is 2.67. The smallest absolute Gasteiger partial charge is 0.417 e. The Balaban J connectivity index is 2.51. The van der Waals surface area contributed by atoms with E-state index in [1.807, 2.05) is 0 Å². The lowest BCUT2D eigenvalue weighted by atomic mass is 10.0. The van der Waals surface area contributed by atoms with Gasteiger partial charge in [-0.2, -0.15) is 13.2 Å². The van der Waals surface area contributed by atoms with Gasteiger partial charge >= 0.3 is 6.18 Å². The molecule has 19 heavy (non-hydrogen) atoms. The number of ether oxygens (including phenoxy) is 1. The summed E-state index contributed by atoms with van der Waals surface area (Å²) in [6, 6.07) is 11.1. The van der Waals surface area contributed by atoms with Crippen LogP contribution in [0.3, 0.4) is 0 Å². The second-order valence-electron chi connectivity index (χ2n) is 3.92. The monoisotopic (exact) mass is 330 g/mol. The first-order valence-corrected chi connectivity index (χ1v) is 6.22. The molecule has 0 saturated heterocycles. The van der Waals surface area contributed by atoms with E-state index in [4.69, 9.17) is 4.74 Å². The second kappa shape index (κ2) is 5.25. The molecule has 0 atom stereocenters. The molecule has 1 nitrogen and oxygen atoms in total. The van der Waals surface area contributed by atoms with Crippen molar-refractivity contribution in [3.05, 3.63) is 52.5 Å². The molecule has 0 aromatic heterocycles. The molecule has 0 N–H and O–H groups in total. The van der Waals surface area contributed by atoms with Gasteiger partial charge in [-0.05, 0) is 35.4 Å². The fraction of sp³-hybridized carbons (Fsp3) is 0.143. The van der Waals surface area contributed by atoms with E-state index in [9.17, 15) is 13.2 Å². The van der Waals surface area contributed by atoms with E-state index in [1.54, 1.807) is 30.3 Å². The summed E-state index contributed by atoms with van der Waals surface area (Å²) in [4.78, 5) is 0. The summed E-state index contributed by atoms with van der Waals surface area (Å²) >= 11 is 2.92. The van der Waals surface area contributed by atoms with Gasteiger partial charge in [0.15, 0.2) is 0 Å². The van der Waals surface area contributed by atoms with Crippen molar-refractivity contribution in [1.29, 1.82) is 0 Å². The molecular formula is C14H10BrF3O. The summed E-state index contributed by atoms with van der Waals surface area (Å²) < 4.78 is 43.6. The number of rotatable bonds is 2. The first kappa shape index (κ1) is 13.9. The van der Waals surface area contributed by atoms with E-state index in [1.165, 1.54) is 13.2 Å². The van der Waals surface area contributed by atoms with Gasteiger partial charge < -0.3 is 4.74 Å². The van der Waals surface area contributed by atoms with Crippen molar-refractivity contribution in [2.45, 2.75) is 6.18 Å². The normalized spacial score (nSPS) is 11.4. The van der Waals surface area contributed by atoms with Crippen LogP contribution in [0.4, 0.5) is 13.2 Å². The highest BCUT2D eigenvalue weighted by Gasteiger charge is 2.33. The van der Waals surface area contributed by atoms with Crippen LogP contribution in [0.2, 0.25) is 0 Å². The van der Waals surface area contributed by atoms with Gasteiger partial charge in [-0.15, -0.1) is 0 Å². The highest BCUT2D eigenvalue weighted by Crippen LogP contribution is 2.37. The molecule has 2 aromatic carbocycles. The molecule has 100 valence electrons. The van der Waals surface area contributed by atoms with Crippen molar-refractivity contribution >= 4 is 15.9 Å². The molecule has 0 unspecified atom stereocenters. The first-order chi connectivity index (χ1) is 8.91. The van der Waals surface area contributed by atoms with Crippen LogP contribution in [0.15, 0.2) is 46.9 Å². The van der Waals surface area contributed by atoms with Crippen LogP contribution >= 0.6 is 15.9 Å². The third kappa shape index (κ3) is 3.10. The molecule has 0 saturated carbocycles. The summed E-state index contributed by atoms with van der Waals surface area (Å²) in [5, 5.41) is 0. The fourth-order valence-corrected chi connectivity index (χ4v) is 2.20. The fourth-order valence-electron chi connectivity index (χ4n) is 1.72. The Bertz CT molecular complexity index is 593. The van der Waals surface area contributed by atoms with E-state index in [0.29, 0.717) is 16.9 Å². The molecule has 0 aliphatic rings. The molecule has 0 fully saturated rings. The summed E-state index contributed by atoms with van der Waals surface area (Å²) in [6.45, 7) is 0. The Kier molecular flexibility index (Phi) is 3.85. The van der Waals surface area contributed by atoms with Gasteiger partial charge in [0.05, 0.1) is 12.7 Å². The van der Waals surface area contributed by atoms with Gasteiger partial charge in [0, 0.05) is 4.47 Å². The minimum absolute atomic E-state index is 0.0339. The van der Waals surface area contributed by atoms with E-state index in [-0.39, 0.29) is 4.47 Å². The van der Waals surface area contributed by atoms with Crippen LogP contribution in [0.1, 0.15) is 5.56 Å². The summed E-state index contributed by atoms with van der Waals surface area (Å²) in [5.74, 6) is 0.606. The maximum atomic E-state index is 12.8. The number of hydrogen-bond donors (Lipinski definition) is 0. The molecule has 0 heterocycles. The van der Waals surface area contributed by atoms with Crippen molar-refractivity contribution in [3.8, 4) is 16.9 Å². The Labute approximate surface area is 117 Å². The molecule has 0 bridgehead atoms. The van der Waals surface area contributed by atoms with Crippen molar-refractivity contribution in [2.75, 3.05) is 7.11 Å². The number of hydrogen-bond acceptors (Lipinski definition) is 1. The SMILES string of the molecule is COc1cccc(-c2ccc(Br)c(C(F)(F)F)c2)c1. The van der Waals surface area contributed by atoms with Crippen LogP contribution < -0.4 is 4.74 Å². The largest absolute Gasteiger partial charge is 0.497 e. The zero-order valence-electron chi connectivity index (χ0n) is 9.96. The lowest BCUT2D eigenvalue weighted by Crippen LogP contribution is -2.06. The van der Waals surface area contributed by atoms with E-state index in [2.05, 4.69) is 15.9 Å². The predicted molar refractivity (Wildman–Crippen MR) is 71.1 cm³/mol. The predicted octanol–water partition coefficient (Wildman–Crippen LogP) is 5.14. The van der Waals surface area contributed by atoms with Crippen molar-refractivity contribution in [2.24, 2.45) is 0 Å². The Morgan fingerprint density at radius 1 is 1.00 bits per heavy atom. The maximum Gasteiger partial charge on any atom is 0.417 e. The lowest BCUT2D eigenvalue weighted by molar-refractivity contribution is -0.138. The van der Waals surface area contributed by atoms with Crippen LogP contribution in [0, 0.1) is 0 Å². The quantitative estimate of drug-likeness (QED) is 0.740. The number of halogens is 4. The second-order valence-corrected chi connectivity index (χ2v) is 4.78. The lowest BCUT2D eigenvalue weighted by Gasteiger charge is -2.11. The standard InChI is InChI=1S/C14H10BrF3O/c1-19-11-4-2-3-9(7-11)10-5-6-13(15)12(8-10)14(16,17)18/h2-8H,1H3.